The molecule has 2 N–H and O–H groups in total. The van der Waals surface area contributed by atoms with Gasteiger partial charge in [-0.3, -0.25) is 0 Å². The second-order valence-electron chi connectivity index (χ2n) is 4.95. The van der Waals surface area contributed by atoms with Gasteiger partial charge in [-0.15, -0.1) is 0 Å². The molecule has 0 saturated heterocycles. The largest absolute Gasteiger partial charge is 0.474 e. The number of pyridine rings is 1. The lowest BCUT2D eigenvalue weighted by atomic mass is 10.1. The highest BCUT2D eigenvalue weighted by atomic mass is 32.1. The normalized spacial score (nSPS) is 12.2. The Morgan fingerprint density at radius 3 is 2.74 bits per heavy atom. The summed E-state index contributed by atoms with van der Waals surface area (Å²) in [6.07, 6.45) is 6.15. The van der Waals surface area contributed by atoms with Crippen molar-refractivity contribution >= 4 is 17.2 Å². The number of unbranched alkanes of at least 4 members (excludes halogenated alkanes) is 3. The van der Waals surface area contributed by atoms with Crippen molar-refractivity contribution < 1.29 is 4.74 Å². The number of aryl methyl sites for hydroxylation is 1. The van der Waals surface area contributed by atoms with Crippen molar-refractivity contribution in [1.82, 2.24) is 4.98 Å². The fourth-order valence-corrected chi connectivity index (χ4v) is 2.07. The highest BCUT2D eigenvalue weighted by Crippen LogP contribution is 2.19. The van der Waals surface area contributed by atoms with Gasteiger partial charge in [0, 0.05) is 5.69 Å². The average molecular weight is 280 g/mol. The van der Waals surface area contributed by atoms with Gasteiger partial charge in [0.2, 0.25) is 5.88 Å². The van der Waals surface area contributed by atoms with Crippen molar-refractivity contribution in [1.29, 1.82) is 0 Å². The molecule has 0 saturated carbocycles. The number of aromatic nitrogens is 1. The standard InChI is InChI=1S/C15H24N2OS/c1-4-5-6-7-8-12(3)18-15-13(14(16)19)10-9-11(2)17-15/h9-10,12H,4-8H2,1-3H3,(H2,16,19). The third kappa shape index (κ3) is 5.55. The maximum Gasteiger partial charge on any atom is 0.224 e. The molecule has 3 nitrogen and oxygen atoms in total. The molecule has 1 heterocycles. The fraction of sp³-hybridized carbons (Fsp3) is 0.600. The van der Waals surface area contributed by atoms with Crippen LogP contribution in [0.5, 0.6) is 5.88 Å². The highest BCUT2D eigenvalue weighted by molar-refractivity contribution is 7.80. The SMILES string of the molecule is CCCCCCC(C)Oc1nc(C)ccc1C(N)=S. The molecule has 0 bridgehead atoms. The first-order valence-corrected chi connectivity index (χ1v) is 7.39. The zero-order valence-electron chi connectivity index (χ0n) is 12.1. The lowest BCUT2D eigenvalue weighted by Crippen LogP contribution is -2.18. The van der Waals surface area contributed by atoms with Crippen molar-refractivity contribution in [3.63, 3.8) is 0 Å². The molecule has 0 aromatic carbocycles. The molecule has 0 amide bonds. The lowest BCUT2D eigenvalue weighted by molar-refractivity contribution is 0.197. The molecule has 0 spiro atoms. The van der Waals surface area contributed by atoms with E-state index in [0.29, 0.717) is 10.9 Å². The molecule has 0 fully saturated rings. The van der Waals surface area contributed by atoms with E-state index >= 15 is 0 Å². The zero-order chi connectivity index (χ0) is 14.3. The second-order valence-corrected chi connectivity index (χ2v) is 5.39. The van der Waals surface area contributed by atoms with Gasteiger partial charge in [-0.25, -0.2) is 4.98 Å². The minimum absolute atomic E-state index is 0.138. The van der Waals surface area contributed by atoms with E-state index in [1.807, 2.05) is 19.1 Å². The van der Waals surface area contributed by atoms with E-state index in [0.717, 1.165) is 17.7 Å². The molecular weight excluding hydrogens is 256 g/mol. The number of hydrogen-bond donors (Lipinski definition) is 1. The van der Waals surface area contributed by atoms with Crippen LogP contribution in [0.25, 0.3) is 0 Å². The summed E-state index contributed by atoms with van der Waals surface area (Å²) >= 11 is 5.03. The number of nitrogens with two attached hydrogens (primary N) is 1. The van der Waals surface area contributed by atoms with Crippen LogP contribution in [0, 0.1) is 6.92 Å². The third-order valence-corrected chi connectivity index (χ3v) is 3.26. The lowest BCUT2D eigenvalue weighted by Gasteiger charge is -2.16. The van der Waals surface area contributed by atoms with Crippen LogP contribution < -0.4 is 10.5 Å². The number of rotatable bonds is 8. The molecule has 0 aliphatic heterocycles. The Morgan fingerprint density at radius 2 is 2.11 bits per heavy atom. The van der Waals surface area contributed by atoms with Crippen LogP contribution >= 0.6 is 12.2 Å². The van der Waals surface area contributed by atoms with Crippen LogP contribution in [0.1, 0.15) is 57.2 Å². The quantitative estimate of drug-likeness (QED) is 0.582. The van der Waals surface area contributed by atoms with Crippen LogP contribution in [-0.2, 0) is 0 Å². The van der Waals surface area contributed by atoms with Gasteiger partial charge in [0.1, 0.15) is 4.99 Å². The van der Waals surface area contributed by atoms with Gasteiger partial charge in [0.05, 0.1) is 11.7 Å². The maximum absolute atomic E-state index is 5.89. The Kier molecular flexibility index (Phi) is 6.78. The van der Waals surface area contributed by atoms with Crippen molar-refractivity contribution in [2.45, 2.75) is 59.0 Å². The van der Waals surface area contributed by atoms with Crippen LogP contribution in [0.15, 0.2) is 12.1 Å². The minimum atomic E-state index is 0.138. The molecule has 106 valence electrons. The molecule has 1 aromatic heterocycles. The van der Waals surface area contributed by atoms with Crippen LogP contribution in [0.3, 0.4) is 0 Å². The molecule has 19 heavy (non-hydrogen) atoms. The average Bonchev–Trinajstić information content (AvgIpc) is 2.34. The first-order chi connectivity index (χ1) is 9.04. The molecule has 1 unspecified atom stereocenters. The first kappa shape index (κ1) is 15.9. The van der Waals surface area contributed by atoms with E-state index < -0.39 is 0 Å². The van der Waals surface area contributed by atoms with E-state index in [4.69, 9.17) is 22.7 Å². The molecular formula is C15H24N2OS. The summed E-state index contributed by atoms with van der Waals surface area (Å²) in [6, 6.07) is 3.77. The molecule has 1 aromatic rings. The Bertz CT molecular complexity index is 421. The smallest absolute Gasteiger partial charge is 0.224 e. The summed E-state index contributed by atoms with van der Waals surface area (Å²) in [5.74, 6) is 0.565. The zero-order valence-corrected chi connectivity index (χ0v) is 12.9. The minimum Gasteiger partial charge on any atom is -0.474 e. The summed E-state index contributed by atoms with van der Waals surface area (Å²) in [6.45, 7) is 6.21. The molecule has 0 aliphatic rings. The topological polar surface area (TPSA) is 48.1 Å². The fourth-order valence-electron chi connectivity index (χ4n) is 1.92. The number of nitrogens with zero attached hydrogens (tertiary/aromatic N) is 1. The second kappa shape index (κ2) is 8.10. The highest BCUT2D eigenvalue weighted by Gasteiger charge is 2.12. The summed E-state index contributed by atoms with van der Waals surface area (Å²) in [5, 5.41) is 0. The Morgan fingerprint density at radius 1 is 1.37 bits per heavy atom. The predicted molar refractivity (Wildman–Crippen MR) is 83.7 cm³/mol. The van der Waals surface area contributed by atoms with E-state index in [9.17, 15) is 0 Å². The molecule has 4 heteroatoms. The summed E-state index contributed by atoms with van der Waals surface area (Å²) in [4.78, 5) is 4.72. The van der Waals surface area contributed by atoms with Crippen molar-refractivity contribution in [2.24, 2.45) is 5.73 Å². The third-order valence-electron chi connectivity index (χ3n) is 3.04. The van der Waals surface area contributed by atoms with Gasteiger partial charge in [-0.05, 0) is 38.8 Å². The number of ether oxygens (including phenoxy) is 1. The van der Waals surface area contributed by atoms with Crippen molar-refractivity contribution in [2.75, 3.05) is 0 Å². The van der Waals surface area contributed by atoms with Crippen molar-refractivity contribution in [3.8, 4) is 5.88 Å². The van der Waals surface area contributed by atoms with Gasteiger partial charge in [0.25, 0.3) is 0 Å². The molecule has 1 rings (SSSR count). The van der Waals surface area contributed by atoms with E-state index in [1.165, 1.54) is 25.7 Å². The van der Waals surface area contributed by atoms with Crippen LogP contribution in [0.4, 0.5) is 0 Å². The van der Waals surface area contributed by atoms with Crippen molar-refractivity contribution in [3.05, 3.63) is 23.4 Å². The van der Waals surface area contributed by atoms with Gasteiger partial charge in [-0.1, -0.05) is 38.4 Å². The molecule has 0 aliphatic carbocycles. The van der Waals surface area contributed by atoms with E-state index in [2.05, 4.69) is 18.8 Å². The Hall–Kier alpha value is -1.16. The van der Waals surface area contributed by atoms with E-state index in [1.54, 1.807) is 0 Å². The molecule has 1 atom stereocenters. The van der Waals surface area contributed by atoms with Crippen LogP contribution in [-0.4, -0.2) is 16.1 Å². The summed E-state index contributed by atoms with van der Waals surface area (Å²) in [5.41, 5.74) is 7.32. The predicted octanol–water partition coefficient (Wildman–Crippen LogP) is 3.76. The van der Waals surface area contributed by atoms with Gasteiger partial charge < -0.3 is 10.5 Å². The number of hydrogen-bond acceptors (Lipinski definition) is 3. The Labute approximate surface area is 121 Å². The number of thiocarbonyl (C=S) groups is 1. The van der Waals surface area contributed by atoms with Gasteiger partial charge in [-0.2, -0.15) is 0 Å². The van der Waals surface area contributed by atoms with E-state index in [-0.39, 0.29) is 6.10 Å². The Balaban J connectivity index is 2.60. The van der Waals surface area contributed by atoms with Crippen LogP contribution in [0.2, 0.25) is 0 Å². The first-order valence-electron chi connectivity index (χ1n) is 6.98. The maximum atomic E-state index is 5.89. The van der Waals surface area contributed by atoms with Gasteiger partial charge in [0.15, 0.2) is 0 Å². The summed E-state index contributed by atoms with van der Waals surface area (Å²) < 4.78 is 5.89. The van der Waals surface area contributed by atoms with Gasteiger partial charge >= 0.3 is 0 Å². The molecule has 0 radical (unpaired) electrons. The monoisotopic (exact) mass is 280 g/mol. The summed E-state index contributed by atoms with van der Waals surface area (Å²) in [7, 11) is 0.